The van der Waals surface area contributed by atoms with Gasteiger partial charge in [0.1, 0.15) is 0 Å². The van der Waals surface area contributed by atoms with Crippen LogP contribution >= 0.6 is 0 Å². The molecule has 0 saturated carbocycles. The van der Waals surface area contributed by atoms with Crippen LogP contribution in [0.5, 0.6) is 0 Å². The minimum Gasteiger partial charge on any atom is -0.396 e. The zero-order chi connectivity index (χ0) is 13.9. The van der Waals surface area contributed by atoms with Gasteiger partial charge in [0.25, 0.3) is 10.2 Å². The Morgan fingerprint density at radius 1 is 1.11 bits per heavy atom. The predicted octanol–water partition coefficient (Wildman–Crippen LogP) is 1.20. The van der Waals surface area contributed by atoms with Crippen LogP contribution in [-0.4, -0.2) is 54.4 Å². The van der Waals surface area contributed by atoms with Crippen molar-refractivity contribution in [2.45, 2.75) is 51.5 Å². The second-order valence-corrected chi connectivity index (χ2v) is 7.74. The number of hydrogen-bond donors (Lipinski definition) is 1. The van der Waals surface area contributed by atoms with Crippen LogP contribution in [0.4, 0.5) is 0 Å². The van der Waals surface area contributed by atoms with Gasteiger partial charge in [-0.3, -0.25) is 0 Å². The molecule has 1 atom stereocenters. The number of nitrogens with zero attached hydrogens (tertiary/aromatic N) is 2. The lowest BCUT2D eigenvalue weighted by atomic mass is 10.0. The number of piperidine rings is 2. The van der Waals surface area contributed by atoms with Crippen molar-refractivity contribution in [1.82, 2.24) is 8.61 Å². The maximum atomic E-state index is 12.7. The summed E-state index contributed by atoms with van der Waals surface area (Å²) in [7, 11) is -3.32. The summed E-state index contributed by atoms with van der Waals surface area (Å²) < 4.78 is 28.7. The summed E-state index contributed by atoms with van der Waals surface area (Å²) >= 11 is 0. The van der Waals surface area contributed by atoms with E-state index in [4.69, 9.17) is 5.11 Å². The van der Waals surface area contributed by atoms with Gasteiger partial charge in [-0.2, -0.15) is 17.0 Å². The molecule has 0 spiro atoms. The summed E-state index contributed by atoms with van der Waals surface area (Å²) in [6.45, 7) is 4.14. The molecule has 0 aromatic rings. The van der Waals surface area contributed by atoms with Gasteiger partial charge in [0.2, 0.25) is 0 Å². The summed E-state index contributed by atoms with van der Waals surface area (Å²) in [4.78, 5) is 0. The highest BCUT2D eigenvalue weighted by Crippen LogP contribution is 2.27. The van der Waals surface area contributed by atoms with Crippen LogP contribution in [-0.2, 0) is 10.2 Å². The molecule has 0 aromatic heterocycles. The third-order valence-corrected chi connectivity index (χ3v) is 6.49. The zero-order valence-corrected chi connectivity index (χ0v) is 12.6. The first kappa shape index (κ1) is 15.2. The molecule has 2 rings (SSSR count). The summed E-state index contributed by atoms with van der Waals surface area (Å²) in [6, 6.07) is -0.0110. The van der Waals surface area contributed by atoms with Crippen LogP contribution in [0, 0.1) is 5.92 Å². The molecule has 0 amide bonds. The molecule has 2 fully saturated rings. The van der Waals surface area contributed by atoms with Crippen LogP contribution in [0.1, 0.15) is 45.4 Å². The van der Waals surface area contributed by atoms with Gasteiger partial charge in [0, 0.05) is 32.3 Å². The Kier molecular flexibility index (Phi) is 5.22. The fraction of sp³-hybridized carbons (Fsp3) is 1.00. The van der Waals surface area contributed by atoms with E-state index in [0.29, 0.717) is 32.0 Å². The van der Waals surface area contributed by atoms with E-state index in [0.717, 1.165) is 32.1 Å². The SMILES string of the molecule is CC1CCN(S(=O)(=O)N2CCCCC2CCO)CC1. The Morgan fingerprint density at radius 3 is 2.42 bits per heavy atom. The fourth-order valence-electron chi connectivity index (χ4n) is 3.08. The number of hydrogen-bond acceptors (Lipinski definition) is 3. The Hall–Kier alpha value is -0.170. The van der Waals surface area contributed by atoms with Gasteiger partial charge in [0.15, 0.2) is 0 Å². The number of rotatable bonds is 4. The molecule has 2 heterocycles. The average molecular weight is 290 g/mol. The van der Waals surface area contributed by atoms with E-state index >= 15 is 0 Å². The van der Waals surface area contributed by atoms with Crippen LogP contribution in [0.3, 0.4) is 0 Å². The van der Waals surface area contributed by atoms with Crippen molar-refractivity contribution < 1.29 is 13.5 Å². The van der Waals surface area contributed by atoms with Gasteiger partial charge >= 0.3 is 0 Å². The average Bonchev–Trinajstić information content (AvgIpc) is 2.40. The molecule has 0 aliphatic carbocycles. The van der Waals surface area contributed by atoms with Crippen molar-refractivity contribution in [1.29, 1.82) is 0 Å². The van der Waals surface area contributed by atoms with Gasteiger partial charge in [-0.1, -0.05) is 13.3 Å². The molecule has 6 heteroatoms. The van der Waals surface area contributed by atoms with E-state index in [1.807, 2.05) is 0 Å². The molecular formula is C13H26N2O3S. The fourth-order valence-corrected chi connectivity index (χ4v) is 5.00. The summed E-state index contributed by atoms with van der Waals surface area (Å²) in [5, 5.41) is 9.11. The van der Waals surface area contributed by atoms with Crippen molar-refractivity contribution in [2.75, 3.05) is 26.2 Å². The lowest BCUT2D eigenvalue weighted by molar-refractivity contribution is 0.177. The highest BCUT2D eigenvalue weighted by molar-refractivity contribution is 7.86. The van der Waals surface area contributed by atoms with Crippen LogP contribution < -0.4 is 0 Å². The van der Waals surface area contributed by atoms with E-state index in [9.17, 15) is 8.42 Å². The molecule has 0 aromatic carbocycles. The van der Waals surface area contributed by atoms with Gasteiger partial charge in [-0.05, 0) is 38.0 Å². The highest BCUT2D eigenvalue weighted by Gasteiger charge is 2.37. The molecule has 19 heavy (non-hydrogen) atoms. The summed E-state index contributed by atoms with van der Waals surface area (Å²) in [6.07, 6.45) is 5.35. The zero-order valence-electron chi connectivity index (χ0n) is 11.8. The number of aliphatic hydroxyl groups is 1. The Bertz CT molecular complexity index is 375. The smallest absolute Gasteiger partial charge is 0.282 e. The Morgan fingerprint density at radius 2 is 1.79 bits per heavy atom. The van der Waals surface area contributed by atoms with E-state index in [-0.39, 0.29) is 12.6 Å². The van der Waals surface area contributed by atoms with E-state index < -0.39 is 10.2 Å². The van der Waals surface area contributed by atoms with Crippen molar-refractivity contribution in [3.63, 3.8) is 0 Å². The summed E-state index contributed by atoms with van der Waals surface area (Å²) in [5.74, 6) is 0.626. The van der Waals surface area contributed by atoms with Gasteiger partial charge in [0.05, 0.1) is 0 Å². The van der Waals surface area contributed by atoms with Crippen molar-refractivity contribution in [3.05, 3.63) is 0 Å². The van der Waals surface area contributed by atoms with Crippen molar-refractivity contribution in [2.24, 2.45) is 5.92 Å². The lowest BCUT2D eigenvalue weighted by Crippen LogP contribution is -2.52. The first-order valence-corrected chi connectivity index (χ1v) is 8.83. The van der Waals surface area contributed by atoms with E-state index in [2.05, 4.69) is 6.92 Å². The monoisotopic (exact) mass is 290 g/mol. The lowest BCUT2D eigenvalue weighted by Gasteiger charge is -2.39. The van der Waals surface area contributed by atoms with Crippen LogP contribution in [0.2, 0.25) is 0 Å². The van der Waals surface area contributed by atoms with Crippen LogP contribution in [0.15, 0.2) is 0 Å². The third-order valence-electron chi connectivity index (χ3n) is 4.40. The topological polar surface area (TPSA) is 60.9 Å². The second kappa shape index (κ2) is 6.52. The molecule has 2 saturated heterocycles. The Balaban J connectivity index is 2.08. The predicted molar refractivity (Wildman–Crippen MR) is 74.9 cm³/mol. The van der Waals surface area contributed by atoms with Crippen LogP contribution in [0.25, 0.3) is 0 Å². The van der Waals surface area contributed by atoms with Crippen molar-refractivity contribution in [3.8, 4) is 0 Å². The first-order chi connectivity index (χ1) is 9.05. The van der Waals surface area contributed by atoms with Gasteiger partial charge < -0.3 is 5.11 Å². The van der Waals surface area contributed by atoms with Crippen molar-refractivity contribution >= 4 is 10.2 Å². The molecule has 0 radical (unpaired) electrons. The molecule has 112 valence electrons. The molecular weight excluding hydrogens is 264 g/mol. The normalized spacial score (nSPS) is 28.6. The molecule has 2 aliphatic heterocycles. The molecule has 1 unspecified atom stereocenters. The standard InChI is InChI=1S/C13H26N2O3S/c1-12-5-9-14(10-6-12)19(17,18)15-8-3-2-4-13(15)7-11-16/h12-13,16H,2-11H2,1H3. The van der Waals surface area contributed by atoms with E-state index in [1.54, 1.807) is 8.61 Å². The third kappa shape index (κ3) is 3.48. The Labute approximate surface area is 116 Å². The molecule has 1 N–H and O–H groups in total. The van der Waals surface area contributed by atoms with E-state index in [1.165, 1.54) is 0 Å². The second-order valence-electron chi connectivity index (χ2n) is 5.86. The van der Waals surface area contributed by atoms with Gasteiger partial charge in [-0.25, -0.2) is 0 Å². The molecule has 0 bridgehead atoms. The molecule has 2 aliphatic rings. The highest BCUT2D eigenvalue weighted by atomic mass is 32.2. The first-order valence-electron chi connectivity index (χ1n) is 7.43. The maximum absolute atomic E-state index is 12.7. The number of aliphatic hydroxyl groups excluding tert-OH is 1. The summed E-state index contributed by atoms with van der Waals surface area (Å²) in [5.41, 5.74) is 0. The molecule has 5 nitrogen and oxygen atoms in total. The minimum atomic E-state index is -3.32. The quantitative estimate of drug-likeness (QED) is 0.846. The minimum absolute atomic E-state index is 0.0110. The largest absolute Gasteiger partial charge is 0.396 e. The maximum Gasteiger partial charge on any atom is 0.282 e. The van der Waals surface area contributed by atoms with Gasteiger partial charge in [-0.15, -0.1) is 0 Å².